The van der Waals surface area contributed by atoms with Crippen LogP contribution in [-0.4, -0.2) is 40.8 Å². The van der Waals surface area contributed by atoms with Crippen LogP contribution in [0, 0.1) is 0 Å². The minimum atomic E-state index is -0.488. The summed E-state index contributed by atoms with van der Waals surface area (Å²) in [6, 6.07) is 3.78. The highest BCUT2D eigenvalue weighted by Gasteiger charge is 2.35. The smallest absolute Gasteiger partial charge is 0.410 e. The van der Waals surface area contributed by atoms with Crippen molar-refractivity contribution in [2.75, 3.05) is 13.1 Å². The summed E-state index contributed by atoms with van der Waals surface area (Å²) in [6.45, 7) is 10.7. The van der Waals surface area contributed by atoms with Gasteiger partial charge in [0.15, 0.2) is 0 Å². The lowest BCUT2D eigenvalue weighted by atomic mass is 10.0. The summed E-state index contributed by atoms with van der Waals surface area (Å²) in [7, 11) is 0. The lowest BCUT2D eigenvalue weighted by Crippen LogP contribution is -2.40. The van der Waals surface area contributed by atoms with Gasteiger partial charge in [-0.3, -0.25) is 4.98 Å². The van der Waals surface area contributed by atoms with Crippen LogP contribution in [0.15, 0.2) is 18.3 Å². The third kappa shape index (κ3) is 3.65. The van der Waals surface area contributed by atoms with Gasteiger partial charge < -0.3 is 14.4 Å². The first-order chi connectivity index (χ1) is 9.81. The molecule has 2 heterocycles. The standard InChI is InChI=1S/C16H24N2O3/c1-6-18(15(19)21-16(3,4)5)10-12-11(2)20-13-8-7-9-17-14(12)13/h7-9,11-12H,6,10H2,1-5H3/t11-,12-/m1/s1. The van der Waals surface area contributed by atoms with Crippen molar-refractivity contribution in [3.63, 3.8) is 0 Å². The third-order valence-electron chi connectivity index (χ3n) is 3.48. The van der Waals surface area contributed by atoms with Crippen molar-refractivity contribution < 1.29 is 14.3 Å². The van der Waals surface area contributed by atoms with Gasteiger partial charge in [-0.2, -0.15) is 0 Å². The fourth-order valence-corrected chi connectivity index (χ4v) is 2.42. The van der Waals surface area contributed by atoms with Gasteiger partial charge in [-0.05, 0) is 46.8 Å². The second-order valence-electron chi connectivity index (χ2n) is 6.34. The van der Waals surface area contributed by atoms with Crippen LogP contribution in [0.1, 0.15) is 46.2 Å². The fraction of sp³-hybridized carbons (Fsp3) is 0.625. The molecule has 0 saturated heterocycles. The SMILES string of the molecule is CCN(C[C@H]1c2ncccc2O[C@@H]1C)C(=O)OC(C)(C)C. The molecule has 2 rings (SSSR count). The molecule has 0 radical (unpaired) electrons. The molecule has 5 heteroatoms. The van der Waals surface area contributed by atoms with E-state index >= 15 is 0 Å². The summed E-state index contributed by atoms with van der Waals surface area (Å²) in [5, 5.41) is 0. The molecule has 21 heavy (non-hydrogen) atoms. The zero-order valence-electron chi connectivity index (χ0n) is 13.4. The van der Waals surface area contributed by atoms with Crippen LogP contribution in [0.3, 0.4) is 0 Å². The minimum absolute atomic E-state index is 0.00591. The van der Waals surface area contributed by atoms with Gasteiger partial charge in [-0.25, -0.2) is 4.79 Å². The first kappa shape index (κ1) is 15.6. The quantitative estimate of drug-likeness (QED) is 0.858. The van der Waals surface area contributed by atoms with Gasteiger partial charge in [0, 0.05) is 19.3 Å². The molecule has 0 bridgehead atoms. The maximum Gasteiger partial charge on any atom is 0.410 e. The van der Waals surface area contributed by atoms with Crippen molar-refractivity contribution in [1.82, 2.24) is 9.88 Å². The van der Waals surface area contributed by atoms with E-state index in [4.69, 9.17) is 9.47 Å². The highest BCUT2D eigenvalue weighted by atomic mass is 16.6. The van der Waals surface area contributed by atoms with Gasteiger partial charge in [0.05, 0.1) is 11.6 Å². The van der Waals surface area contributed by atoms with E-state index in [9.17, 15) is 4.79 Å². The Kier molecular flexibility index (Phi) is 4.40. The molecule has 0 N–H and O–H groups in total. The Bertz CT molecular complexity index is 510. The van der Waals surface area contributed by atoms with Gasteiger partial charge in [0.1, 0.15) is 17.5 Å². The number of hydrogen-bond acceptors (Lipinski definition) is 4. The van der Waals surface area contributed by atoms with Crippen molar-refractivity contribution in [3.8, 4) is 5.75 Å². The van der Waals surface area contributed by atoms with Gasteiger partial charge in [-0.15, -0.1) is 0 Å². The van der Waals surface area contributed by atoms with E-state index in [0.29, 0.717) is 13.1 Å². The van der Waals surface area contributed by atoms with Gasteiger partial charge in [0.2, 0.25) is 0 Å². The Labute approximate surface area is 126 Å². The van der Waals surface area contributed by atoms with E-state index in [1.807, 2.05) is 46.8 Å². The molecule has 1 aromatic rings. The molecule has 0 spiro atoms. The average Bonchev–Trinajstić information content (AvgIpc) is 2.69. The summed E-state index contributed by atoms with van der Waals surface area (Å²) >= 11 is 0. The molecule has 0 fully saturated rings. The summed E-state index contributed by atoms with van der Waals surface area (Å²) in [4.78, 5) is 18.4. The van der Waals surface area contributed by atoms with Crippen molar-refractivity contribution >= 4 is 6.09 Å². The lowest BCUT2D eigenvalue weighted by molar-refractivity contribution is 0.0233. The minimum Gasteiger partial charge on any atom is -0.488 e. The van der Waals surface area contributed by atoms with Crippen LogP contribution in [0.25, 0.3) is 0 Å². The topological polar surface area (TPSA) is 51.7 Å². The second kappa shape index (κ2) is 5.92. The largest absolute Gasteiger partial charge is 0.488 e. The zero-order chi connectivity index (χ0) is 15.6. The van der Waals surface area contributed by atoms with Crippen molar-refractivity contribution in [3.05, 3.63) is 24.0 Å². The highest BCUT2D eigenvalue weighted by Crippen LogP contribution is 2.36. The number of carbonyl (C=O) groups is 1. The summed E-state index contributed by atoms with van der Waals surface area (Å²) in [5.41, 5.74) is 0.436. The number of amides is 1. The molecule has 116 valence electrons. The Balaban J connectivity index is 2.10. The van der Waals surface area contributed by atoms with E-state index in [0.717, 1.165) is 11.4 Å². The third-order valence-corrected chi connectivity index (χ3v) is 3.48. The molecule has 0 aromatic carbocycles. The maximum atomic E-state index is 12.2. The summed E-state index contributed by atoms with van der Waals surface area (Å²) in [5.74, 6) is 0.893. The van der Waals surface area contributed by atoms with E-state index in [-0.39, 0.29) is 18.1 Å². The predicted molar refractivity (Wildman–Crippen MR) is 80.5 cm³/mol. The molecule has 1 aliphatic heterocycles. The number of aromatic nitrogens is 1. The van der Waals surface area contributed by atoms with Gasteiger partial charge in [-0.1, -0.05) is 0 Å². The highest BCUT2D eigenvalue weighted by molar-refractivity contribution is 5.68. The molecule has 0 aliphatic carbocycles. The Hall–Kier alpha value is -1.78. The van der Waals surface area contributed by atoms with Crippen LogP contribution in [0.2, 0.25) is 0 Å². The number of nitrogens with zero attached hydrogens (tertiary/aromatic N) is 2. The first-order valence-corrected chi connectivity index (χ1v) is 7.41. The molecule has 0 saturated carbocycles. The molecule has 0 unspecified atom stereocenters. The number of rotatable bonds is 3. The molecular weight excluding hydrogens is 268 g/mol. The van der Waals surface area contributed by atoms with Crippen molar-refractivity contribution in [2.24, 2.45) is 0 Å². The Morgan fingerprint density at radius 2 is 2.19 bits per heavy atom. The average molecular weight is 292 g/mol. The van der Waals surface area contributed by atoms with Crippen molar-refractivity contribution in [2.45, 2.75) is 52.2 Å². The lowest BCUT2D eigenvalue weighted by Gasteiger charge is -2.28. The van der Waals surface area contributed by atoms with Crippen LogP contribution in [0.5, 0.6) is 5.75 Å². The van der Waals surface area contributed by atoms with Crippen LogP contribution in [0.4, 0.5) is 4.79 Å². The number of fused-ring (bicyclic) bond motifs is 1. The number of ether oxygens (including phenoxy) is 2. The predicted octanol–water partition coefficient (Wildman–Crippen LogP) is 3.20. The van der Waals surface area contributed by atoms with Crippen LogP contribution in [-0.2, 0) is 4.74 Å². The van der Waals surface area contributed by atoms with Gasteiger partial charge in [0.25, 0.3) is 0 Å². The maximum absolute atomic E-state index is 12.2. The van der Waals surface area contributed by atoms with E-state index < -0.39 is 5.60 Å². The Morgan fingerprint density at radius 3 is 2.81 bits per heavy atom. The van der Waals surface area contributed by atoms with E-state index in [1.54, 1.807) is 11.1 Å². The van der Waals surface area contributed by atoms with Crippen LogP contribution >= 0.6 is 0 Å². The Morgan fingerprint density at radius 1 is 1.48 bits per heavy atom. The molecule has 1 amide bonds. The molecule has 5 nitrogen and oxygen atoms in total. The molecule has 1 aliphatic rings. The molecule has 2 atom stereocenters. The number of likely N-dealkylation sites (N-methyl/N-ethyl adjacent to an activating group) is 1. The molecule has 1 aromatic heterocycles. The van der Waals surface area contributed by atoms with Crippen LogP contribution < -0.4 is 4.74 Å². The van der Waals surface area contributed by atoms with E-state index in [2.05, 4.69) is 4.98 Å². The summed E-state index contributed by atoms with van der Waals surface area (Å²) < 4.78 is 11.3. The monoisotopic (exact) mass is 292 g/mol. The molecular formula is C16H24N2O3. The number of pyridine rings is 1. The van der Waals surface area contributed by atoms with Gasteiger partial charge >= 0.3 is 6.09 Å². The van der Waals surface area contributed by atoms with Crippen molar-refractivity contribution in [1.29, 1.82) is 0 Å². The summed E-state index contributed by atoms with van der Waals surface area (Å²) in [6.07, 6.45) is 1.48. The number of hydrogen-bond donors (Lipinski definition) is 0. The zero-order valence-corrected chi connectivity index (χ0v) is 13.4. The van der Waals surface area contributed by atoms with E-state index in [1.165, 1.54) is 0 Å². The normalized spacial score (nSPS) is 20.6. The number of carbonyl (C=O) groups excluding carboxylic acids is 1. The second-order valence-corrected chi connectivity index (χ2v) is 6.34. The fourth-order valence-electron chi connectivity index (χ4n) is 2.42. The first-order valence-electron chi connectivity index (χ1n) is 7.41.